The Hall–Kier alpha value is -1.88. The molecule has 0 radical (unpaired) electrons. The molecular weight excluding hydrogens is 244 g/mol. The number of rotatable bonds is 4. The Morgan fingerprint density at radius 3 is 2.89 bits per heavy atom. The molecule has 1 aromatic carbocycles. The number of aliphatic hydroxyl groups excluding tert-OH is 1. The second-order valence-corrected chi connectivity index (χ2v) is 5.60. The highest BCUT2D eigenvalue weighted by atomic mass is 16.3. The SMILES string of the molecule is CC(C)(CO)CNC(=O)c1ccc2c(c1)CC(=O)N2. The van der Waals surface area contributed by atoms with Gasteiger partial charge in [-0.15, -0.1) is 0 Å². The monoisotopic (exact) mass is 262 g/mol. The Bertz CT molecular complexity index is 523. The summed E-state index contributed by atoms with van der Waals surface area (Å²) in [5, 5.41) is 14.6. The van der Waals surface area contributed by atoms with E-state index < -0.39 is 0 Å². The number of amides is 2. The molecule has 1 aliphatic heterocycles. The van der Waals surface area contributed by atoms with E-state index in [1.807, 2.05) is 13.8 Å². The predicted molar refractivity (Wildman–Crippen MR) is 72.0 cm³/mol. The summed E-state index contributed by atoms with van der Waals surface area (Å²) in [6.45, 7) is 4.16. The first kappa shape index (κ1) is 13.5. The van der Waals surface area contributed by atoms with Crippen LogP contribution >= 0.6 is 0 Å². The van der Waals surface area contributed by atoms with Crippen molar-refractivity contribution in [3.63, 3.8) is 0 Å². The molecule has 0 atom stereocenters. The maximum absolute atomic E-state index is 12.0. The standard InChI is InChI=1S/C14H18N2O3/c1-14(2,8-17)7-15-13(19)9-3-4-11-10(5-9)6-12(18)16-11/h3-5,17H,6-8H2,1-2H3,(H,15,19)(H,16,18). The third-order valence-electron chi connectivity index (χ3n) is 3.15. The van der Waals surface area contributed by atoms with Crippen molar-refractivity contribution in [1.82, 2.24) is 5.32 Å². The van der Waals surface area contributed by atoms with E-state index in [4.69, 9.17) is 5.11 Å². The summed E-state index contributed by atoms with van der Waals surface area (Å²) in [5.74, 6) is -0.238. The molecule has 1 heterocycles. The molecule has 1 aliphatic rings. The lowest BCUT2D eigenvalue weighted by Gasteiger charge is -2.21. The Morgan fingerprint density at radius 2 is 2.21 bits per heavy atom. The van der Waals surface area contributed by atoms with Gasteiger partial charge in [-0.05, 0) is 23.8 Å². The van der Waals surface area contributed by atoms with Crippen LogP contribution in [0, 0.1) is 5.41 Å². The van der Waals surface area contributed by atoms with E-state index in [1.54, 1.807) is 18.2 Å². The van der Waals surface area contributed by atoms with E-state index in [0.717, 1.165) is 11.3 Å². The smallest absolute Gasteiger partial charge is 0.251 e. The molecule has 0 aliphatic carbocycles. The van der Waals surface area contributed by atoms with Gasteiger partial charge in [0, 0.05) is 29.8 Å². The van der Waals surface area contributed by atoms with Crippen molar-refractivity contribution in [3.05, 3.63) is 29.3 Å². The summed E-state index contributed by atoms with van der Waals surface area (Å²) in [7, 11) is 0. The minimum absolute atomic E-state index is 0.00981. The van der Waals surface area contributed by atoms with Gasteiger partial charge in [-0.3, -0.25) is 9.59 Å². The van der Waals surface area contributed by atoms with Gasteiger partial charge in [0.2, 0.25) is 5.91 Å². The average Bonchev–Trinajstić information content (AvgIpc) is 2.75. The van der Waals surface area contributed by atoms with Crippen molar-refractivity contribution < 1.29 is 14.7 Å². The van der Waals surface area contributed by atoms with Crippen LogP contribution in [0.5, 0.6) is 0 Å². The first-order chi connectivity index (χ1) is 8.91. The lowest BCUT2D eigenvalue weighted by atomic mass is 9.95. The minimum Gasteiger partial charge on any atom is -0.396 e. The van der Waals surface area contributed by atoms with Crippen LogP contribution in [0.3, 0.4) is 0 Å². The summed E-state index contributed by atoms with van der Waals surface area (Å²) >= 11 is 0. The number of carbonyl (C=O) groups excluding carboxylic acids is 2. The second-order valence-electron chi connectivity index (χ2n) is 5.60. The van der Waals surface area contributed by atoms with Crippen LogP contribution in [0.2, 0.25) is 0 Å². The van der Waals surface area contributed by atoms with Crippen molar-refractivity contribution in [3.8, 4) is 0 Å². The third-order valence-corrected chi connectivity index (χ3v) is 3.15. The van der Waals surface area contributed by atoms with E-state index in [1.165, 1.54) is 0 Å². The number of carbonyl (C=O) groups is 2. The zero-order valence-electron chi connectivity index (χ0n) is 11.1. The number of aliphatic hydroxyl groups is 1. The molecule has 19 heavy (non-hydrogen) atoms. The molecule has 0 saturated carbocycles. The Kier molecular flexibility index (Phi) is 3.57. The third kappa shape index (κ3) is 3.12. The predicted octanol–water partition coefficient (Wildman–Crippen LogP) is 0.929. The highest BCUT2D eigenvalue weighted by Crippen LogP contribution is 2.23. The molecule has 0 spiro atoms. The second kappa shape index (κ2) is 5.01. The molecule has 0 aromatic heterocycles. The van der Waals surface area contributed by atoms with Crippen molar-refractivity contribution in [2.24, 2.45) is 5.41 Å². The highest BCUT2D eigenvalue weighted by Gasteiger charge is 2.21. The van der Waals surface area contributed by atoms with Crippen LogP contribution in [0.15, 0.2) is 18.2 Å². The lowest BCUT2D eigenvalue weighted by molar-refractivity contribution is -0.115. The molecule has 2 rings (SSSR count). The van der Waals surface area contributed by atoms with Crippen molar-refractivity contribution in [1.29, 1.82) is 0 Å². The molecule has 0 unspecified atom stereocenters. The van der Waals surface area contributed by atoms with Crippen LogP contribution in [0.25, 0.3) is 0 Å². The fourth-order valence-corrected chi connectivity index (χ4v) is 1.85. The van der Waals surface area contributed by atoms with Crippen LogP contribution in [-0.4, -0.2) is 30.1 Å². The first-order valence-electron chi connectivity index (χ1n) is 6.23. The van der Waals surface area contributed by atoms with Gasteiger partial charge in [-0.25, -0.2) is 0 Å². The molecule has 0 bridgehead atoms. The fraction of sp³-hybridized carbons (Fsp3) is 0.429. The zero-order valence-corrected chi connectivity index (χ0v) is 11.1. The molecule has 102 valence electrons. The molecule has 5 heteroatoms. The molecule has 2 amide bonds. The van der Waals surface area contributed by atoms with Gasteiger partial charge in [0.1, 0.15) is 0 Å². The largest absolute Gasteiger partial charge is 0.396 e. The van der Waals surface area contributed by atoms with Crippen molar-refractivity contribution in [2.45, 2.75) is 20.3 Å². The number of benzene rings is 1. The van der Waals surface area contributed by atoms with Crippen molar-refractivity contribution in [2.75, 3.05) is 18.5 Å². The highest BCUT2D eigenvalue weighted by molar-refractivity contribution is 6.01. The quantitative estimate of drug-likeness (QED) is 0.755. The number of nitrogens with one attached hydrogen (secondary N) is 2. The Labute approximate surface area is 112 Å². The summed E-state index contributed by atoms with van der Waals surface area (Å²) in [6, 6.07) is 5.16. The number of fused-ring (bicyclic) bond motifs is 1. The minimum atomic E-state index is -0.343. The van der Waals surface area contributed by atoms with E-state index in [9.17, 15) is 9.59 Å². The van der Waals surface area contributed by atoms with Crippen LogP contribution in [-0.2, 0) is 11.2 Å². The zero-order chi connectivity index (χ0) is 14.0. The molecule has 5 nitrogen and oxygen atoms in total. The van der Waals surface area contributed by atoms with Gasteiger partial charge in [0.05, 0.1) is 6.42 Å². The van der Waals surface area contributed by atoms with Gasteiger partial charge in [-0.1, -0.05) is 13.8 Å². The van der Waals surface area contributed by atoms with Gasteiger partial charge < -0.3 is 15.7 Å². The summed E-state index contributed by atoms with van der Waals surface area (Å²) in [5.41, 5.74) is 1.81. The summed E-state index contributed by atoms with van der Waals surface area (Å²) in [6.07, 6.45) is 0.318. The molecule has 3 N–H and O–H groups in total. The van der Waals surface area contributed by atoms with Gasteiger partial charge in [0.15, 0.2) is 0 Å². The Balaban J connectivity index is 2.05. The van der Waals surface area contributed by atoms with E-state index >= 15 is 0 Å². The number of anilines is 1. The number of hydrogen-bond acceptors (Lipinski definition) is 3. The Morgan fingerprint density at radius 1 is 1.47 bits per heavy atom. The topological polar surface area (TPSA) is 78.4 Å². The first-order valence-corrected chi connectivity index (χ1v) is 6.23. The van der Waals surface area contributed by atoms with Crippen LogP contribution in [0.1, 0.15) is 29.8 Å². The van der Waals surface area contributed by atoms with E-state index in [2.05, 4.69) is 10.6 Å². The van der Waals surface area contributed by atoms with E-state index in [-0.39, 0.29) is 23.8 Å². The molecular formula is C14H18N2O3. The summed E-state index contributed by atoms with van der Waals surface area (Å²) in [4.78, 5) is 23.2. The molecule has 0 fully saturated rings. The maximum Gasteiger partial charge on any atom is 0.251 e. The molecule has 0 saturated heterocycles. The van der Waals surface area contributed by atoms with Crippen LogP contribution in [0.4, 0.5) is 5.69 Å². The maximum atomic E-state index is 12.0. The normalized spacial score (nSPS) is 13.9. The van der Waals surface area contributed by atoms with Gasteiger partial charge in [0.25, 0.3) is 5.91 Å². The van der Waals surface area contributed by atoms with E-state index in [0.29, 0.717) is 18.5 Å². The van der Waals surface area contributed by atoms with Crippen LogP contribution < -0.4 is 10.6 Å². The molecule has 1 aromatic rings. The fourth-order valence-electron chi connectivity index (χ4n) is 1.85. The van der Waals surface area contributed by atoms with Crippen molar-refractivity contribution >= 4 is 17.5 Å². The average molecular weight is 262 g/mol. The summed E-state index contributed by atoms with van der Waals surface area (Å²) < 4.78 is 0. The van der Waals surface area contributed by atoms with Gasteiger partial charge >= 0.3 is 0 Å². The lowest BCUT2D eigenvalue weighted by Crippen LogP contribution is -2.36. The number of hydrogen-bond donors (Lipinski definition) is 3. The van der Waals surface area contributed by atoms with Gasteiger partial charge in [-0.2, -0.15) is 0 Å².